The van der Waals surface area contributed by atoms with Gasteiger partial charge in [-0.2, -0.15) is 0 Å². The highest BCUT2D eigenvalue weighted by molar-refractivity contribution is 5.95. The van der Waals surface area contributed by atoms with Crippen molar-refractivity contribution in [3.05, 3.63) is 0 Å². The first-order valence-corrected chi connectivity index (χ1v) is 11.5. The molecule has 1 heterocycles. The second-order valence-corrected chi connectivity index (χ2v) is 8.53. The molecule has 0 aliphatic carbocycles. The molecule has 1 fully saturated rings. The van der Waals surface area contributed by atoms with Gasteiger partial charge in [-0.05, 0) is 32.6 Å². The molecular formula is C21H33N5O11. The van der Waals surface area contributed by atoms with Gasteiger partial charge in [-0.3, -0.25) is 28.8 Å². The number of aliphatic hydroxyl groups is 1. The van der Waals surface area contributed by atoms with Crippen LogP contribution in [0.15, 0.2) is 0 Å². The average Bonchev–Trinajstić information content (AvgIpc) is 3.32. The van der Waals surface area contributed by atoms with Crippen molar-refractivity contribution in [3.8, 4) is 0 Å². The van der Waals surface area contributed by atoms with Crippen LogP contribution >= 0.6 is 0 Å². The second kappa shape index (κ2) is 14.7. The molecule has 16 heteroatoms. The zero-order valence-corrected chi connectivity index (χ0v) is 20.2. The predicted molar refractivity (Wildman–Crippen MR) is 123 cm³/mol. The van der Waals surface area contributed by atoms with Gasteiger partial charge in [0.25, 0.3) is 0 Å². The number of nitrogens with two attached hydrogens (primary N) is 1. The lowest BCUT2D eigenvalue weighted by Crippen LogP contribution is -2.58. The summed E-state index contributed by atoms with van der Waals surface area (Å²) < 4.78 is 0. The number of carbonyl (C=O) groups excluding carboxylic acids is 4. The van der Waals surface area contributed by atoms with E-state index in [2.05, 4.69) is 10.6 Å². The standard InChI is InChI=1S/C21H33N5O11/c1-10(17(32)25-13(9-27)18(33)24-12(21(36)37)5-7-16(30)31)23-19(34)14-3-2-8-26(14)20(35)11(22)4-6-15(28)29/h10-14,27H,2-9,22H2,1H3,(H,23,34)(H,24,33)(H,25,32)(H,28,29)(H,30,31)(H,36,37)/t10-,11+,12-,13-,14-/m1/s1. The minimum atomic E-state index is -1.59. The third kappa shape index (κ3) is 10.0. The van der Waals surface area contributed by atoms with E-state index in [1.807, 2.05) is 5.32 Å². The summed E-state index contributed by atoms with van der Waals surface area (Å²) in [5, 5.41) is 42.7. The molecule has 0 unspecified atom stereocenters. The summed E-state index contributed by atoms with van der Waals surface area (Å²) in [5.74, 6) is -7.14. The van der Waals surface area contributed by atoms with Crippen molar-refractivity contribution in [1.82, 2.24) is 20.9 Å². The molecule has 9 N–H and O–H groups in total. The Morgan fingerprint density at radius 3 is 2.00 bits per heavy atom. The third-order valence-corrected chi connectivity index (χ3v) is 5.65. The Morgan fingerprint density at radius 1 is 0.892 bits per heavy atom. The Bertz CT molecular complexity index is 896. The molecule has 1 saturated heterocycles. The smallest absolute Gasteiger partial charge is 0.326 e. The predicted octanol–water partition coefficient (Wildman–Crippen LogP) is -3.41. The van der Waals surface area contributed by atoms with Crippen LogP contribution in [-0.4, -0.2) is 110 Å². The maximum Gasteiger partial charge on any atom is 0.326 e. The molecule has 0 bridgehead atoms. The monoisotopic (exact) mass is 531 g/mol. The molecule has 1 aliphatic rings. The Morgan fingerprint density at radius 2 is 1.46 bits per heavy atom. The Labute approximate surface area is 211 Å². The highest BCUT2D eigenvalue weighted by Gasteiger charge is 2.37. The number of amides is 4. The lowest BCUT2D eigenvalue weighted by Gasteiger charge is -2.28. The highest BCUT2D eigenvalue weighted by Crippen LogP contribution is 2.19. The molecular weight excluding hydrogens is 498 g/mol. The zero-order valence-electron chi connectivity index (χ0n) is 20.2. The minimum absolute atomic E-state index is 0.110. The minimum Gasteiger partial charge on any atom is -0.481 e. The van der Waals surface area contributed by atoms with Gasteiger partial charge in [-0.15, -0.1) is 0 Å². The summed E-state index contributed by atoms with van der Waals surface area (Å²) in [4.78, 5) is 84.0. The van der Waals surface area contributed by atoms with Gasteiger partial charge >= 0.3 is 17.9 Å². The van der Waals surface area contributed by atoms with E-state index < -0.39 is 91.2 Å². The summed E-state index contributed by atoms with van der Waals surface area (Å²) in [6.07, 6.45) is -0.628. The first-order valence-electron chi connectivity index (χ1n) is 11.5. The van der Waals surface area contributed by atoms with Gasteiger partial charge in [-0.1, -0.05) is 0 Å². The van der Waals surface area contributed by atoms with E-state index in [4.69, 9.17) is 21.1 Å². The van der Waals surface area contributed by atoms with Crippen LogP contribution in [0.3, 0.4) is 0 Å². The van der Waals surface area contributed by atoms with E-state index in [0.29, 0.717) is 6.42 Å². The number of hydrogen-bond acceptors (Lipinski definition) is 9. The van der Waals surface area contributed by atoms with E-state index in [1.165, 1.54) is 11.8 Å². The summed E-state index contributed by atoms with van der Waals surface area (Å²) in [6, 6.07) is -6.44. The number of carbonyl (C=O) groups is 7. The molecule has 16 nitrogen and oxygen atoms in total. The van der Waals surface area contributed by atoms with Crippen LogP contribution in [-0.2, 0) is 33.6 Å². The first-order chi connectivity index (χ1) is 17.3. The number of aliphatic carboxylic acids is 3. The number of carboxylic acid groups (broad SMARTS) is 3. The molecule has 1 aliphatic heterocycles. The lowest BCUT2D eigenvalue weighted by atomic mass is 10.1. The van der Waals surface area contributed by atoms with Crippen LogP contribution in [0.2, 0.25) is 0 Å². The van der Waals surface area contributed by atoms with E-state index in [9.17, 15) is 38.7 Å². The number of aliphatic hydroxyl groups excluding tert-OH is 1. The molecule has 5 atom stereocenters. The van der Waals surface area contributed by atoms with Gasteiger partial charge in [0.15, 0.2) is 0 Å². The number of likely N-dealkylation sites (tertiary alicyclic amines) is 1. The number of carboxylic acids is 3. The summed E-state index contributed by atoms with van der Waals surface area (Å²) in [5.41, 5.74) is 5.76. The van der Waals surface area contributed by atoms with Crippen LogP contribution in [0.25, 0.3) is 0 Å². The van der Waals surface area contributed by atoms with Crippen molar-refractivity contribution < 1.29 is 54.0 Å². The Kier molecular flexibility index (Phi) is 12.4. The van der Waals surface area contributed by atoms with Gasteiger partial charge in [0.05, 0.1) is 12.6 Å². The Hall–Kier alpha value is -3.79. The van der Waals surface area contributed by atoms with Crippen LogP contribution in [0, 0.1) is 0 Å². The van der Waals surface area contributed by atoms with Gasteiger partial charge in [0, 0.05) is 19.4 Å². The fraction of sp³-hybridized carbons (Fsp3) is 0.667. The fourth-order valence-corrected chi connectivity index (χ4v) is 3.58. The second-order valence-electron chi connectivity index (χ2n) is 8.53. The highest BCUT2D eigenvalue weighted by atomic mass is 16.4. The average molecular weight is 532 g/mol. The van der Waals surface area contributed by atoms with Crippen molar-refractivity contribution >= 4 is 41.5 Å². The summed E-state index contributed by atoms with van der Waals surface area (Å²) in [7, 11) is 0. The van der Waals surface area contributed by atoms with Crippen LogP contribution < -0.4 is 21.7 Å². The molecule has 37 heavy (non-hydrogen) atoms. The first kappa shape index (κ1) is 31.2. The zero-order chi connectivity index (χ0) is 28.3. The molecule has 0 saturated carbocycles. The lowest BCUT2D eigenvalue weighted by molar-refractivity contribution is -0.143. The molecule has 208 valence electrons. The molecule has 0 aromatic carbocycles. The summed E-state index contributed by atoms with van der Waals surface area (Å²) >= 11 is 0. The number of rotatable bonds is 15. The molecule has 4 amide bonds. The third-order valence-electron chi connectivity index (χ3n) is 5.65. The largest absolute Gasteiger partial charge is 0.481 e. The van der Waals surface area contributed by atoms with Crippen molar-refractivity contribution in [2.24, 2.45) is 5.73 Å². The molecule has 0 aromatic heterocycles. The van der Waals surface area contributed by atoms with Crippen molar-refractivity contribution in [2.45, 2.75) is 75.7 Å². The quantitative estimate of drug-likeness (QED) is 0.103. The molecule has 0 radical (unpaired) electrons. The summed E-state index contributed by atoms with van der Waals surface area (Å²) in [6.45, 7) is 0.590. The van der Waals surface area contributed by atoms with Crippen molar-refractivity contribution in [3.63, 3.8) is 0 Å². The molecule has 0 aromatic rings. The topological polar surface area (TPSA) is 266 Å². The van der Waals surface area contributed by atoms with Gasteiger partial charge < -0.3 is 47.0 Å². The van der Waals surface area contributed by atoms with Gasteiger partial charge in [0.1, 0.15) is 24.2 Å². The maximum atomic E-state index is 12.7. The maximum absolute atomic E-state index is 12.7. The SMILES string of the molecule is C[C@@H](NC(=O)[C@H]1CCCN1C(=O)[C@@H](N)CCC(=O)O)C(=O)N[C@H](CO)C(=O)N[C@H](CCC(=O)O)C(=O)O. The van der Waals surface area contributed by atoms with Gasteiger partial charge in [0.2, 0.25) is 23.6 Å². The van der Waals surface area contributed by atoms with E-state index in [-0.39, 0.29) is 25.8 Å². The Balaban J connectivity index is 2.72. The van der Waals surface area contributed by atoms with Crippen molar-refractivity contribution in [1.29, 1.82) is 0 Å². The van der Waals surface area contributed by atoms with E-state index in [1.54, 1.807) is 0 Å². The van der Waals surface area contributed by atoms with E-state index in [0.717, 1.165) is 0 Å². The molecule has 1 rings (SSSR count). The number of nitrogens with zero attached hydrogens (tertiary/aromatic N) is 1. The fourth-order valence-electron chi connectivity index (χ4n) is 3.58. The van der Waals surface area contributed by atoms with Crippen LogP contribution in [0.5, 0.6) is 0 Å². The molecule has 0 spiro atoms. The van der Waals surface area contributed by atoms with Crippen LogP contribution in [0.1, 0.15) is 45.4 Å². The number of nitrogens with one attached hydrogen (secondary N) is 3. The number of hydrogen-bond donors (Lipinski definition) is 8. The van der Waals surface area contributed by atoms with Crippen LogP contribution in [0.4, 0.5) is 0 Å². The normalized spacial score (nSPS) is 18.1. The van der Waals surface area contributed by atoms with E-state index >= 15 is 0 Å². The van der Waals surface area contributed by atoms with Crippen molar-refractivity contribution in [2.75, 3.05) is 13.2 Å². The van der Waals surface area contributed by atoms with Gasteiger partial charge in [-0.25, -0.2) is 4.79 Å².